The molecular formula is C43H52N4O8. The van der Waals surface area contributed by atoms with Crippen molar-refractivity contribution in [3.8, 4) is 17.2 Å². The summed E-state index contributed by atoms with van der Waals surface area (Å²) >= 11 is 0. The van der Waals surface area contributed by atoms with Crippen molar-refractivity contribution in [1.29, 1.82) is 0 Å². The van der Waals surface area contributed by atoms with Gasteiger partial charge >= 0.3 is 5.97 Å². The van der Waals surface area contributed by atoms with Gasteiger partial charge in [-0.3, -0.25) is 19.3 Å². The van der Waals surface area contributed by atoms with E-state index in [1.54, 1.807) is 37.4 Å². The van der Waals surface area contributed by atoms with Crippen LogP contribution in [0, 0.1) is 5.92 Å². The minimum absolute atomic E-state index is 0.0376. The van der Waals surface area contributed by atoms with Crippen LogP contribution in [0.1, 0.15) is 72.5 Å². The third kappa shape index (κ3) is 8.51. The Kier molecular flexibility index (Phi) is 12.0. The first-order chi connectivity index (χ1) is 26.8. The van der Waals surface area contributed by atoms with Gasteiger partial charge in [-0.2, -0.15) is 0 Å². The zero-order chi connectivity index (χ0) is 38.4. The van der Waals surface area contributed by atoms with Gasteiger partial charge < -0.3 is 39.6 Å². The van der Waals surface area contributed by atoms with E-state index in [2.05, 4.69) is 15.2 Å². The molecule has 4 saturated heterocycles. The molecular weight excluding hydrogens is 700 g/mol. The predicted octanol–water partition coefficient (Wildman–Crippen LogP) is 4.93. The summed E-state index contributed by atoms with van der Waals surface area (Å²) in [5, 5.41) is 24.7. The molecule has 1 amide bonds. The topological polar surface area (TPSA) is 154 Å². The molecule has 5 heterocycles. The highest BCUT2D eigenvalue weighted by atomic mass is 16.5. The van der Waals surface area contributed by atoms with E-state index < -0.39 is 11.5 Å². The van der Waals surface area contributed by atoms with Crippen LogP contribution in [-0.2, 0) is 14.9 Å². The van der Waals surface area contributed by atoms with Gasteiger partial charge in [-0.1, -0.05) is 36.4 Å². The monoisotopic (exact) mass is 752 g/mol. The van der Waals surface area contributed by atoms with Gasteiger partial charge in [-0.05, 0) is 112 Å². The fourth-order valence-corrected chi connectivity index (χ4v) is 8.47. The predicted molar refractivity (Wildman–Crippen MR) is 209 cm³/mol. The van der Waals surface area contributed by atoms with Gasteiger partial charge in [0.15, 0.2) is 11.5 Å². The van der Waals surface area contributed by atoms with Gasteiger partial charge in [0.05, 0.1) is 30.8 Å². The number of aromatic amines is 1. The fourth-order valence-electron chi connectivity index (χ4n) is 8.47. The van der Waals surface area contributed by atoms with E-state index in [0.29, 0.717) is 85.1 Å². The van der Waals surface area contributed by atoms with Crippen LogP contribution < -0.4 is 20.3 Å². The Labute approximate surface area is 321 Å². The van der Waals surface area contributed by atoms with Gasteiger partial charge in [-0.25, -0.2) is 0 Å². The van der Waals surface area contributed by atoms with Crippen LogP contribution in [0.2, 0.25) is 0 Å². The summed E-state index contributed by atoms with van der Waals surface area (Å²) in [4.78, 5) is 46.3. The Morgan fingerprint density at radius 3 is 2.45 bits per heavy atom. The normalized spacial score (nSPS) is 20.9. The highest BCUT2D eigenvalue weighted by Gasteiger charge is 2.47. The molecule has 4 aliphatic rings. The molecule has 0 unspecified atom stereocenters. The molecule has 0 spiro atoms. The molecule has 4 fully saturated rings. The number of carbonyl (C=O) groups is 2. The van der Waals surface area contributed by atoms with Crippen LogP contribution in [0.4, 0.5) is 0 Å². The number of methoxy groups -OCH3 is 1. The molecule has 292 valence electrons. The van der Waals surface area contributed by atoms with Gasteiger partial charge in [0, 0.05) is 43.2 Å². The highest BCUT2D eigenvalue weighted by Crippen LogP contribution is 2.40. The number of phenols is 1. The number of hydrogen-bond donors (Lipinski definition) is 4. The second-order valence-electron chi connectivity index (χ2n) is 15.1. The SMILES string of the molecule is COc1cc(C(=O)N2CCC(C(=O)O[C@H]3CN4CCC3CC4)(c3ccccc3)CC2)ccc1OCCCCCNC[C@H](O)c1ccc(O)c2[nH]c(=O)ccc12. The quantitative estimate of drug-likeness (QED) is 0.0972. The van der Waals surface area contributed by atoms with E-state index in [-0.39, 0.29) is 29.3 Å². The second kappa shape index (κ2) is 17.3. The van der Waals surface area contributed by atoms with Gasteiger partial charge in [-0.15, -0.1) is 0 Å². The number of rotatable bonds is 15. The van der Waals surface area contributed by atoms with Crippen LogP contribution in [0.3, 0.4) is 0 Å². The van der Waals surface area contributed by atoms with Crippen LogP contribution in [0.15, 0.2) is 77.6 Å². The lowest BCUT2D eigenvalue weighted by molar-refractivity contribution is -0.167. The maximum atomic E-state index is 14.0. The molecule has 55 heavy (non-hydrogen) atoms. The molecule has 4 aromatic rings. The number of aromatic nitrogens is 1. The number of ether oxygens (including phenoxy) is 3. The number of benzene rings is 3. The number of nitrogens with zero attached hydrogens (tertiary/aromatic N) is 2. The Morgan fingerprint density at radius 2 is 1.73 bits per heavy atom. The number of aromatic hydroxyl groups is 1. The zero-order valence-corrected chi connectivity index (χ0v) is 31.5. The molecule has 0 radical (unpaired) electrons. The summed E-state index contributed by atoms with van der Waals surface area (Å²) in [7, 11) is 1.56. The summed E-state index contributed by atoms with van der Waals surface area (Å²) in [5.74, 6) is 1.18. The van der Waals surface area contributed by atoms with E-state index in [1.807, 2.05) is 35.2 Å². The Morgan fingerprint density at radius 1 is 0.945 bits per heavy atom. The first-order valence-electron chi connectivity index (χ1n) is 19.6. The van der Waals surface area contributed by atoms with E-state index in [9.17, 15) is 24.6 Å². The van der Waals surface area contributed by atoms with Gasteiger partial charge in [0.2, 0.25) is 5.56 Å². The molecule has 4 N–H and O–H groups in total. The summed E-state index contributed by atoms with van der Waals surface area (Å²) < 4.78 is 18.0. The third-order valence-corrected chi connectivity index (χ3v) is 11.7. The van der Waals surface area contributed by atoms with Crippen molar-refractivity contribution in [3.05, 3.63) is 99.8 Å². The van der Waals surface area contributed by atoms with Gasteiger partial charge in [0.25, 0.3) is 5.91 Å². The number of piperidine rings is 4. The first kappa shape index (κ1) is 38.4. The first-order valence-corrected chi connectivity index (χ1v) is 19.6. The van der Waals surface area contributed by atoms with E-state index >= 15 is 0 Å². The maximum Gasteiger partial charge on any atom is 0.317 e. The highest BCUT2D eigenvalue weighted by molar-refractivity contribution is 5.95. The average molecular weight is 753 g/mol. The number of nitrogens with one attached hydrogen (secondary N) is 2. The molecule has 12 nitrogen and oxygen atoms in total. The number of carbonyl (C=O) groups excluding carboxylic acids is 2. The summed E-state index contributed by atoms with van der Waals surface area (Å²) in [6.45, 7) is 5.36. The average Bonchev–Trinajstić information content (AvgIpc) is 3.22. The fraction of sp³-hybridized carbons (Fsp3) is 0.465. The van der Waals surface area contributed by atoms with Crippen molar-refractivity contribution in [2.75, 3.05) is 59.5 Å². The number of hydrogen-bond acceptors (Lipinski definition) is 10. The molecule has 12 heteroatoms. The Hall–Kier alpha value is -4.91. The molecule has 0 saturated carbocycles. The minimum atomic E-state index is -0.805. The van der Waals surface area contributed by atoms with E-state index in [1.165, 1.54) is 12.1 Å². The lowest BCUT2D eigenvalue weighted by Crippen LogP contribution is -2.55. The van der Waals surface area contributed by atoms with Crippen molar-refractivity contribution >= 4 is 22.8 Å². The van der Waals surface area contributed by atoms with Crippen molar-refractivity contribution in [2.45, 2.75) is 62.6 Å². The largest absolute Gasteiger partial charge is 0.506 e. The van der Waals surface area contributed by atoms with Crippen molar-refractivity contribution < 1.29 is 34.0 Å². The number of amides is 1. The smallest absolute Gasteiger partial charge is 0.317 e. The number of aliphatic hydroxyl groups excluding tert-OH is 1. The number of esters is 1. The number of fused-ring (bicyclic) bond motifs is 4. The van der Waals surface area contributed by atoms with Crippen molar-refractivity contribution in [1.82, 2.24) is 20.1 Å². The molecule has 0 aliphatic carbocycles. The standard InChI is InChI=1S/C43H52N4O8/c1-53-37-26-30(10-14-36(37)54-25-7-3-6-20-44-27-35(49)32-11-13-34(48)40-33(32)12-15-39(50)45-40)41(51)47-23-18-43(19-24-47,31-8-4-2-5-9-31)42(52)55-38-28-46-21-16-29(38)17-22-46/h2,4-5,8-15,26,29,35,38,44,48-49H,3,6-7,16-25,27-28H2,1H3,(H,45,50)/t35-,38-/m0/s1. The van der Waals surface area contributed by atoms with Crippen LogP contribution in [0.5, 0.6) is 17.2 Å². The van der Waals surface area contributed by atoms with Crippen molar-refractivity contribution in [3.63, 3.8) is 0 Å². The molecule has 1 aromatic heterocycles. The molecule has 8 rings (SSSR count). The summed E-state index contributed by atoms with van der Waals surface area (Å²) in [5.41, 5.74) is 1.29. The molecule has 3 aromatic carbocycles. The van der Waals surface area contributed by atoms with E-state index in [0.717, 1.165) is 57.3 Å². The molecule has 2 atom stereocenters. The van der Waals surface area contributed by atoms with E-state index in [4.69, 9.17) is 14.2 Å². The number of phenolic OH excluding ortho intramolecular Hbond substituents is 1. The van der Waals surface area contributed by atoms with Gasteiger partial charge in [0.1, 0.15) is 11.9 Å². The number of H-pyrrole nitrogens is 1. The minimum Gasteiger partial charge on any atom is -0.506 e. The third-order valence-electron chi connectivity index (χ3n) is 11.7. The Balaban J connectivity index is 0.868. The zero-order valence-electron chi connectivity index (χ0n) is 31.5. The van der Waals surface area contributed by atoms with Crippen molar-refractivity contribution in [2.24, 2.45) is 5.92 Å². The Bertz CT molecular complexity index is 2000. The van der Waals surface area contributed by atoms with Crippen LogP contribution in [0.25, 0.3) is 10.9 Å². The second-order valence-corrected chi connectivity index (χ2v) is 15.1. The number of pyridine rings is 1. The lowest BCUT2D eigenvalue weighted by atomic mass is 9.72. The number of aliphatic hydroxyl groups is 1. The summed E-state index contributed by atoms with van der Waals surface area (Å²) in [6, 6.07) is 21.3. The molecule has 2 bridgehead atoms. The maximum absolute atomic E-state index is 14.0. The summed E-state index contributed by atoms with van der Waals surface area (Å²) in [6.07, 6.45) is 4.86. The molecule has 4 aliphatic heterocycles. The number of likely N-dealkylation sites (tertiary alicyclic amines) is 1. The van der Waals surface area contributed by atoms with Crippen LogP contribution >= 0.6 is 0 Å². The number of unbranched alkanes of at least 4 members (excludes halogenated alkanes) is 2. The lowest BCUT2D eigenvalue weighted by Gasteiger charge is -2.46. The van der Waals surface area contributed by atoms with Crippen LogP contribution in [-0.4, -0.2) is 103 Å².